The van der Waals surface area contributed by atoms with Gasteiger partial charge in [-0.3, -0.25) is 0 Å². The summed E-state index contributed by atoms with van der Waals surface area (Å²) in [5.74, 6) is 1.47. The predicted octanol–water partition coefficient (Wildman–Crippen LogP) is 3.05. The number of anilines is 1. The lowest BCUT2D eigenvalue weighted by molar-refractivity contribution is 0.414. The molecule has 21 heavy (non-hydrogen) atoms. The van der Waals surface area contributed by atoms with Gasteiger partial charge in [0.15, 0.2) is 5.65 Å². The zero-order chi connectivity index (χ0) is 14.7. The first kappa shape index (κ1) is 13.7. The van der Waals surface area contributed by atoms with E-state index in [1.807, 2.05) is 24.3 Å². The SMILES string of the molecule is COc1cccc(CCNc2nc3ccc(Cl)cn3n2)c1. The topological polar surface area (TPSA) is 51.5 Å². The highest BCUT2D eigenvalue weighted by Crippen LogP contribution is 2.14. The van der Waals surface area contributed by atoms with Crippen LogP contribution >= 0.6 is 11.6 Å². The third-order valence-electron chi connectivity index (χ3n) is 3.13. The summed E-state index contributed by atoms with van der Waals surface area (Å²) in [6.45, 7) is 0.748. The molecular weight excluding hydrogens is 288 g/mol. The van der Waals surface area contributed by atoms with E-state index in [1.165, 1.54) is 5.56 Å². The number of nitrogens with one attached hydrogen (secondary N) is 1. The van der Waals surface area contributed by atoms with Gasteiger partial charge < -0.3 is 10.1 Å². The Kier molecular flexibility index (Phi) is 3.92. The Morgan fingerprint density at radius 3 is 3.05 bits per heavy atom. The van der Waals surface area contributed by atoms with Crippen molar-refractivity contribution in [1.82, 2.24) is 14.6 Å². The van der Waals surface area contributed by atoms with Gasteiger partial charge in [0.1, 0.15) is 5.75 Å². The number of nitrogens with zero attached hydrogens (tertiary/aromatic N) is 3. The van der Waals surface area contributed by atoms with Crippen molar-refractivity contribution in [2.45, 2.75) is 6.42 Å². The van der Waals surface area contributed by atoms with Gasteiger partial charge in [-0.05, 0) is 36.2 Å². The number of ether oxygens (including phenoxy) is 1. The highest BCUT2D eigenvalue weighted by Gasteiger charge is 2.03. The highest BCUT2D eigenvalue weighted by atomic mass is 35.5. The second-order valence-electron chi connectivity index (χ2n) is 4.61. The molecule has 0 unspecified atom stereocenters. The molecule has 2 aromatic heterocycles. The fourth-order valence-electron chi connectivity index (χ4n) is 2.08. The van der Waals surface area contributed by atoms with E-state index in [0.717, 1.165) is 24.4 Å². The van der Waals surface area contributed by atoms with Gasteiger partial charge in [-0.2, -0.15) is 4.98 Å². The Labute approximate surface area is 127 Å². The van der Waals surface area contributed by atoms with Crippen molar-refractivity contribution in [3.8, 4) is 5.75 Å². The smallest absolute Gasteiger partial charge is 0.243 e. The summed E-state index contributed by atoms with van der Waals surface area (Å²) in [6.07, 6.45) is 2.60. The van der Waals surface area contributed by atoms with Crippen LogP contribution in [0.4, 0.5) is 5.95 Å². The van der Waals surface area contributed by atoms with E-state index in [0.29, 0.717) is 11.0 Å². The van der Waals surface area contributed by atoms with Crippen LogP contribution in [0.15, 0.2) is 42.6 Å². The minimum atomic E-state index is 0.597. The molecule has 6 heteroatoms. The second kappa shape index (κ2) is 6.01. The van der Waals surface area contributed by atoms with Crippen LogP contribution in [0.25, 0.3) is 5.65 Å². The molecule has 0 atom stereocenters. The van der Waals surface area contributed by atoms with Crippen molar-refractivity contribution in [3.63, 3.8) is 0 Å². The third kappa shape index (κ3) is 3.25. The molecule has 0 aliphatic heterocycles. The molecule has 108 valence electrons. The van der Waals surface area contributed by atoms with E-state index in [-0.39, 0.29) is 0 Å². The summed E-state index contributed by atoms with van der Waals surface area (Å²) in [5.41, 5.74) is 1.97. The molecule has 1 N–H and O–H groups in total. The summed E-state index contributed by atoms with van der Waals surface area (Å²) in [6, 6.07) is 11.7. The lowest BCUT2D eigenvalue weighted by Crippen LogP contribution is -2.06. The van der Waals surface area contributed by atoms with Gasteiger partial charge in [0.2, 0.25) is 5.95 Å². The van der Waals surface area contributed by atoms with Gasteiger partial charge in [0.05, 0.1) is 12.1 Å². The highest BCUT2D eigenvalue weighted by molar-refractivity contribution is 6.30. The molecule has 0 saturated carbocycles. The Hall–Kier alpha value is -2.27. The summed E-state index contributed by atoms with van der Waals surface area (Å²) >= 11 is 5.92. The summed E-state index contributed by atoms with van der Waals surface area (Å²) in [4.78, 5) is 4.38. The van der Waals surface area contributed by atoms with Crippen molar-refractivity contribution in [2.75, 3.05) is 19.0 Å². The van der Waals surface area contributed by atoms with Crippen molar-refractivity contribution < 1.29 is 4.74 Å². The second-order valence-corrected chi connectivity index (χ2v) is 5.05. The average molecular weight is 303 g/mol. The molecule has 0 fully saturated rings. The van der Waals surface area contributed by atoms with E-state index in [2.05, 4.69) is 21.5 Å². The summed E-state index contributed by atoms with van der Waals surface area (Å²) in [7, 11) is 1.67. The van der Waals surface area contributed by atoms with Crippen molar-refractivity contribution in [1.29, 1.82) is 0 Å². The predicted molar refractivity (Wildman–Crippen MR) is 83.2 cm³/mol. The van der Waals surface area contributed by atoms with Crippen LogP contribution in [0.2, 0.25) is 5.02 Å². The lowest BCUT2D eigenvalue weighted by atomic mass is 10.1. The molecule has 0 bridgehead atoms. The minimum Gasteiger partial charge on any atom is -0.497 e. The normalized spacial score (nSPS) is 10.8. The van der Waals surface area contributed by atoms with Crippen LogP contribution in [0, 0.1) is 0 Å². The first-order valence-corrected chi connectivity index (χ1v) is 7.01. The van der Waals surface area contributed by atoms with Crippen molar-refractivity contribution in [2.24, 2.45) is 0 Å². The van der Waals surface area contributed by atoms with Crippen LogP contribution in [-0.2, 0) is 6.42 Å². The maximum Gasteiger partial charge on any atom is 0.243 e. The Bertz CT molecular complexity index is 756. The largest absolute Gasteiger partial charge is 0.497 e. The molecule has 0 radical (unpaired) electrons. The van der Waals surface area contributed by atoms with Gasteiger partial charge in [0.25, 0.3) is 0 Å². The molecule has 0 saturated heterocycles. The third-order valence-corrected chi connectivity index (χ3v) is 3.35. The number of rotatable bonds is 5. The van der Waals surface area contributed by atoms with Gasteiger partial charge >= 0.3 is 0 Å². The van der Waals surface area contributed by atoms with Crippen LogP contribution in [0.1, 0.15) is 5.56 Å². The maximum absolute atomic E-state index is 5.92. The van der Waals surface area contributed by atoms with E-state index in [9.17, 15) is 0 Å². The minimum absolute atomic E-state index is 0.597. The molecule has 0 amide bonds. The zero-order valence-electron chi connectivity index (χ0n) is 11.6. The average Bonchev–Trinajstić information content (AvgIpc) is 2.89. The van der Waals surface area contributed by atoms with E-state index >= 15 is 0 Å². The number of aromatic nitrogens is 3. The monoisotopic (exact) mass is 302 g/mol. The first-order valence-electron chi connectivity index (χ1n) is 6.63. The Balaban J connectivity index is 1.63. The van der Waals surface area contributed by atoms with Crippen LogP contribution < -0.4 is 10.1 Å². The standard InChI is InChI=1S/C15H15ClN4O/c1-21-13-4-2-3-11(9-13)7-8-17-15-18-14-6-5-12(16)10-20(14)19-15/h2-6,9-10H,7-8H2,1H3,(H,17,19). The van der Waals surface area contributed by atoms with Crippen molar-refractivity contribution in [3.05, 3.63) is 53.2 Å². The molecule has 0 aliphatic rings. The molecule has 0 spiro atoms. The lowest BCUT2D eigenvalue weighted by Gasteiger charge is -2.04. The zero-order valence-corrected chi connectivity index (χ0v) is 12.3. The number of hydrogen-bond acceptors (Lipinski definition) is 4. The fraction of sp³-hybridized carbons (Fsp3) is 0.200. The first-order chi connectivity index (χ1) is 10.2. The summed E-state index contributed by atoms with van der Waals surface area (Å²) < 4.78 is 6.87. The summed E-state index contributed by atoms with van der Waals surface area (Å²) in [5, 5.41) is 8.17. The number of pyridine rings is 1. The number of fused-ring (bicyclic) bond motifs is 1. The molecule has 1 aromatic carbocycles. The number of hydrogen-bond donors (Lipinski definition) is 1. The quantitative estimate of drug-likeness (QED) is 0.787. The molecular formula is C15H15ClN4O. The van der Waals surface area contributed by atoms with E-state index < -0.39 is 0 Å². The Morgan fingerprint density at radius 1 is 1.29 bits per heavy atom. The van der Waals surface area contributed by atoms with Gasteiger partial charge in [0, 0.05) is 12.7 Å². The van der Waals surface area contributed by atoms with Crippen molar-refractivity contribution >= 4 is 23.2 Å². The molecule has 3 rings (SSSR count). The maximum atomic E-state index is 5.92. The Morgan fingerprint density at radius 2 is 2.19 bits per heavy atom. The van der Waals surface area contributed by atoms with E-state index in [4.69, 9.17) is 16.3 Å². The van der Waals surface area contributed by atoms with Gasteiger partial charge in [-0.1, -0.05) is 23.7 Å². The van der Waals surface area contributed by atoms with E-state index in [1.54, 1.807) is 23.9 Å². The molecule has 5 nitrogen and oxygen atoms in total. The number of halogens is 1. The molecule has 0 aliphatic carbocycles. The van der Waals surface area contributed by atoms with Crippen LogP contribution in [-0.4, -0.2) is 28.3 Å². The molecule has 2 heterocycles. The number of benzene rings is 1. The fourth-order valence-corrected chi connectivity index (χ4v) is 2.23. The van der Waals surface area contributed by atoms with Gasteiger partial charge in [-0.25, -0.2) is 4.52 Å². The van der Waals surface area contributed by atoms with Gasteiger partial charge in [-0.15, -0.1) is 5.10 Å². The van der Waals surface area contributed by atoms with Crippen LogP contribution in [0.5, 0.6) is 5.75 Å². The molecule has 3 aromatic rings. The van der Waals surface area contributed by atoms with Crippen LogP contribution in [0.3, 0.4) is 0 Å². The number of methoxy groups -OCH3 is 1.